The topological polar surface area (TPSA) is 24.9 Å². The van der Waals surface area contributed by atoms with Crippen LogP contribution in [0.4, 0.5) is 0 Å². The van der Waals surface area contributed by atoms with E-state index in [2.05, 4.69) is 52.8 Å². The van der Waals surface area contributed by atoms with Gasteiger partial charge in [-0.05, 0) is 17.7 Å². The molecule has 1 aromatic heterocycles. The molecule has 2 aromatic carbocycles. The third-order valence-electron chi connectivity index (χ3n) is 2.95. The highest BCUT2D eigenvalue weighted by atomic mass is 32.2. The first-order valence-corrected chi connectivity index (χ1v) is 8.45. The van der Waals surface area contributed by atoms with Crippen LogP contribution in [0.5, 0.6) is 0 Å². The lowest BCUT2D eigenvalue weighted by atomic mass is 10.2. The zero-order chi connectivity index (χ0) is 13.6. The van der Waals surface area contributed by atoms with Crippen molar-refractivity contribution in [3.05, 3.63) is 60.2 Å². The minimum Gasteiger partial charge on any atom is -0.312 e. The van der Waals surface area contributed by atoms with E-state index in [-0.39, 0.29) is 0 Å². The van der Waals surface area contributed by atoms with Gasteiger partial charge in [-0.3, -0.25) is 0 Å². The van der Waals surface area contributed by atoms with Crippen molar-refractivity contribution in [2.45, 2.75) is 10.9 Å². The molecule has 1 heterocycles. The van der Waals surface area contributed by atoms with Crippen LogP contribution in [0.25, 0.3) is 10.2 Å². The fourth-order valence-electron chi connectivity index (χ4n) is 1.95. The van der Waals surface area contributed by atoms with Crippen LogP contribution in [0.15, 0.2) is 58.9 Å². The van der Waals surface area contributed by atoms with E-state index >= 15 is 0 Å². The van der Waals surface area contributed by atoms with Gasteiger partial charge in [0.25, 0.3) is 0 Å². The Morgan fingerprint density at radius 1 is 1.00 bits per heavy atom. The number of benzene rings is 2. The van der Waals surface area contributed by atoms with Gasteiger partial charge in [-0.1, -0.05) is 54.2 Å². The summed E-state index contributed by atoms with van der Waals surface area (Å²) in [5.74, 6) is 1.05. The normalized spacial score (nSPS) is 11.0. The molecule has 2 nitrogen and oxygen atoms in total. The van der Waals surface area contributed by atoms with Crippen LogP contribution >= 0.6 is 23.1 Å². The van der Waals surface area contributed by atoms with Crippen molar-refractivity contribution in [1.82, 2.24) is 10.3 Å². The second-order valence-corrected chi connectivity index (χ2v) is 6.83. The van der Waals surface area contributed by atoms with Crippen LogP contribution in [-0.4, -0.2) is 17.3 Å². The lowest BCUT2D eigenvalue weighted by Crippen LogP contribution is -2.16. The van der Waals surface area contributed by atoms with Gasteiger partial charge in [-0.25, -0.2) is 4.98 Å². The van der Waals surface area contributed by atoms with Crippen molar-refractivity contribution >= 4 is 33.3 Å². The molecule has 20 heavy (non-hydrogen) atoms. The summed E-state index contributed by atoms with van der Waals surface area (Å²) in [6, 6.07) is 18.8. The van der Waals surface area contributed by atoms with Crippen LogP contribution in [0.3, 0.4) is 0 Å². The number of thiazole rings is 1. The average Bonchev–Trinajstić information content (AvgIpc) is 2.90. The molecule has 0 saturated heterocycles. The molecule has 0 spiro atoms. The molecule has 3 aromatic rings. The highest BCUT2D eigenvalue weighted by Crippen LogP contribution is 2.28. The van der Waals surface area contributed by atoms with Gasteiger partial charge < -0.3 is 5.32 Å². The first-order valence-electron chi connectivity index (χ1n) is 6.65. The highest BCUT2D eigenvalue weighted by Gasteiger charge is 2.02. The molecule has 0 aliphatic heterocycles. The van der Waals surface area contributed by atoms with Gasteiger partial charge in [0.15, 0.2) is 4.34 Å². The van der Waals surface area contributed by atoms with Gasteiger partial charge in [0.2, 0.25) is 0 Å². The number of nitrogens with zero attached hydrogens (tertiary/aromatic N) is 1. The molecule has 0 amide bonds. The first kappa shape index (κ1) is 13.6. The van der Waals surface area contributed by atoms with Gasteiger partial charge in [0.1, 0.15) is 0 Å². The summed E-state index contributed by atoms with van der Waals surface area (Å²) < 4.78 is 2.43. The maximum Gasteiger partial charge on any atom is 0.151 e. The maximum atomic E-state index is 4.62. The summed E-state index contributed by atoms with van der Waals surface area (Å²) in [6.45, 7) is 1.93. The molecule has 0 radical (unpaired) electrons. The Morgan fingerprint density at radius 3 is 2.65 bits per heavy atom. The number of nitrogens with one attached hydrogen (secondary N) is 1. The fourth-order valence-corrected chi connectivity index (χ4v) is 3.99. The second kappa shape index (κ2) is 6.88. The number of thioether (sulfide) groups is 1. The predicted octanol–water partition coefficient (Wildman–Crippen LogP) is 4.18. The zero-order valence-electron chi connectivity index (χ0n) is 11.1. The summed E-state index contributed by atoms with van der Waals surface area (Å²) in [7, 11) is 0. The predicted molar refractivity (Wildman–Crippen MR) is 88.5 cm³/mol. The Labute approximate surface area is 127 Å². The molecule has 0 bridgehead atoms. The molecule has 0 atom stereocenters. The summed E-state index contributed by atoms with van der Waals surface area (Å²) in [4.78, 5) is 4.62. The molecule has 0 aliphatic rings. The van der Waals surface area contributed by atoms with Crippen molar-refractivity contribution in [1.29, 1.82) is 0 Å². The Bertz CT molecular complexity index is 631. The smallest absolute Gasteiger partial charge is 0.151 e. The molecule has 0 saturated carbocycles. The van der Waals surface area contributed by atoms with E-state index in [0.717, 1.165) is 28.7 Å². The molecule has 0 aliphatic carbocycles. The summed E-state index contributed by atoms with van der Waals surface area (Å²) in [6.07, 6.45) is 0. The molecule has 102 valence electrons. The summed E-state index contributed by atoms with van der Waals surface area (Å²) >= 11 is 3.60. The maximum absolute atomic E-state index is 4.62. The molecular weight excluding hydrogens is 284 g/mol. The molecule has 0 unspecified atom stereocenters. The van der Waals surface area contributed by atoms with Crippen LogP contribution in [0.2, 0.25) is 0 Å². The summed E-state index contributed by atoms with van der Waals surface area (Å²) in [5.41, 5.74) is 2.44. The zero-order valence-corrected chi connectivity index (χ0v) is 12.7. The van der Waals surface area contributed by atoms with E-state index in [0.29, 0.717) is 0 Å². The number of hydrogen-bond donors (Lipinski definition) is 1. The van der Waals surface area contributed by atoms with Crippen molar-refractivity contribution in [3.63, 3.8) is 0 Å². The standard InChI is InChI=1S/C16H16N2S2/c1-2-6-13(7-3-1)12-17-10-11-19-16-18-14-8-4-5-9-15(14)20-16/h1-9,17H,10-12H2. The summed E-state index contributed by atoms with van der Waals surface area (Å²) in [5, 5.41) is 3.46. The van der Waals surface area contributed by atoms with Gasteiger partial charge in [0.05, 0.1) is 10.2 Å². The van der Waals surface area contributed by atoms with Gasteiger partial charge >= 0.3 is 0 Å². The van der Waals surface area contributed by atoms with Crippen LogP contribution in [0, 0.1) is 0 Å². The van der Waals surface area contributed by atoms with E-state index in [1.165, 1.54) is 10.3 Å². The SMILES string of the molecule is c1ccc(CNCCSc2nc3ccccc3s2)cc1. The number of hydrogen-bond acceptors (Lipinski definition) is 4. The van der Waals surface area contributed by atoms with E-state index in [9.17, 15) is 0 Å². The Kier molecular flexibility index (Phi) is 4.69. The monoisotopic (exact) mass is 300 g/mol. The van der Waals surface area contributed by atoms with Gasteiger partial charge in [-0.2, -0.15) is 0 Å². The van der Waals surface area contributed by atoms with Gasteiger partial charge in [0, 0.05) is 18.8 Å². The molecule has 1 N–H and O–H groups in total. The van der Waals surface area contributed by atoms with E-state index in [1.54, 1.807) is 11.3 Å². The largest absolute Gasteiger partial charge is 0.312 e. The Morgan fingerprint density at radius 2 is 1.80 bits per heavy atom. The van der Waals surface area contributed by atoms with Crippen molar-refractivity contribution < 1.29 is 0 Å². The van der Waals surface area contributed by atoms with E-state index < -0.39 is 0 Å². The van der Waals surface area contributed by atoms with Crippen LogP contribution < -0.4 is 5.32 Å². The third-order valence-corrected chi connectivity index (χ3v) is 5.13. The first-order chi connectivity index (χ1) is 9.92. The van der Waals surface area contributed by atoms with Crippen molar-refractivity contribution in [2.75, 3.05) is 12.3 Å². The van der Waals surface area contributed by atoms with Gasteiger partial charge in [-0.15, -0.1) is 11.3 Å². The van der Waals surface area contributed by atoms with E-state index in [1.807, 2.05) is 23.9 Å². The second-order valence-electron chi connectivity index (χ2n) is 4.46. The molecule has 3 rings (SSSR count). The van der Waals surface area contributed by atoms with Crippen LogP contribution in [0.1, 0.15) is 5.56 Å². The number of aromatic nitrogens is 1. The lowest BCUT2D eigenvalue weighted by Gasteiger charge is -2.03. The average molecular weight is 300 g/mol. The lowest BCUT2D eigenvalue weighted by molar-refractivity contribution is 0.732. The Hall–Kier alpha value is -1.36. The minimum absolute atomic E-state index is 0.932. The Balaban J connectivity index is 1.43. The number of rotatable bonds is 6. The van der Waals surface area contributed by atoms with E-state index in [4.69, 9.17) is 0 Å². The molecule has 0 fully saturated rings. The third kappa shape index (κ3) is 3.60. The highest BCUT2D eigenvalue weighted by molar-refractivity contribution is 8.01. The quantitative estimate of drug-likeness (QED) is 0.546. The molecular formula is C16H16N2S2. The number of para-hydroxylation sites is 1. The van der Waals surface area contributed by atoms with Crippen LogP contribution in [-0.2, 0) is 6.54 Å². The number of fused-ring (bicyclic) bond motifs is 1. The van der Waals surface area contributed by atoms with Crippen molar-refractivity contribution in [3.8, 4) is 0 Å². The molecule has 4 heteroatoms. The van der Waals surface area contributed by atoms with Crippen molar-refractivity contribution in [2.24, 2.45) is 0 Å². The minimum atomic E-state index is 0.932. The fraction of sp³-hybridized carbons (Fsp3) is 0.188.